The van der Waals surface area contributed by atoms with Crippen LogP contribution in [0.25, 0.3) is 0 Å². The van der Waals surface area contributed by atoms with Crippen LogP contribution < -0.4 is 10.1 Å². The van der Waals surface area contributed by atoms with Crippen molar-refractivity contribution in [1.29, 1.82) is 0 Å². The first-order chi connectivity index (χ1) is 9.83. The zero-order chi connectivity index (χ0) is 14.2. The van der Waals surface area contributed by atoms with E-state index in [2.05, 4.69) is 53.4 Å². The Morgan fingerprint density at radius 2 is 1.90 bits per heavy atom. The van der Waals surface area contributed by atoms with E-state index in [1.165, 1.54) is 17.5 Å². The predicted octanol–water partition coefficient (Wildman–Crippen LogP) is 3.44. The number of anilines is 1. The molecule has 0 amide bonds. The number of benzene rings is 1. The highest BCUT2D eigenvalue weighted by Crippen LogP contribution is 2.14. The van der Waals surface area contributed by atoms with E-state index in [9.17, 15) is 0 Å². The Balaban J connectivity index is 1.99. The van der Waals surface area contributed by atoms with E-state index in [0.29, 0.717) is 12.5 Å². The number of aromatic nitrogens is 2. The molecule has 2 rings (SSSR count). The molecular weight excluding hydrogens is 250 g/mol. The topological polar surface area (TPSA) is 47.0 Å². The van der Waals surface area contributed by atoms with Gasteiger partial charge in [-0.3, -0.25) is 0 Å². The van der Waals surface area contributed by atoms with Crippen molar-refractivity contribution in [3.8, 4) is 5.88 Å². The molecule has 0 aliphatic rings. The van der Waals surface area contributed by atoms with E-state index in [0.717, 1.165) is 25.2 Å². The molecule has 20 heavy (non-hydrogen) atoms. The molecule has 0 bridgehead atoms. The fourth-order valence-electron chi connectivity index (χ4n) is 1.98. The lowest BCUT2D eigenvalue weighted by Gasteiger charge is -2.10. The number of hydrogen-bond acceptors (Lipinski definition) is 4. The number of hydrogen-bond donors (Lipinski definition) is 1. The summed E-state index contributed by atoms with van der Waals surface area (Å²) >= 11 is 0. The van der Waals surface area contributed by atoms with Gasteiger partial charge >= 0.3 is 0 Å². The Hall–Kier alpha value is -2.10. The highest BCUT2D eigenvalue weighted by molar-refractivity contribution is 5.39. The first kappa shape index (κ1) is 14.3. The van der Waals surface area contributed by atoms with Gasteiger partial charge in [0.25, 0.3) is 0 Å². The van der Waals surface area contributed by atoms with Crippen molar-refractivity contribution < 1.29 is 4.74 Å². The van der Waals surface area contributed by atoms with Crippen LogP contribution in [0.1, 0.15) is 31.4 Å². The predicted molar refractivity (Wildman–Crippen MR) is 81.0 cm³/mol. The van der Waals surface area contributed by atoms with Crippen LogP contribution in [0.5, 0.6) is 5.88 Å². The Morgan fingerprint density at radius 3 is 2.65 bits per heavy atom. The third-order valence-corrected chi connectivity index (χ3v) is 3.06. The smallest absolute Gasteiger partial charge is 0.218 e. The number of ether oxygens (including phenoxy) is 1. The van der Waals surface area contributed by atoms with Gasteiger partial charge in [0, 0.05) is 12.6 Å². The molecular formula is C16H21N3O. The minimum atomic E-state index is 0.619. The normalized spacial score (nSPS) is 10.3. The Labute approximate surface area is 120 Å². The van der Waals surface area contributed by atoms with Gasteiger partial charge < -0.3 is 10.1 Å². The zero-order valence-corrected chi connectivity index (χ0v) is 12.1. The summed E-state index contributed by atoms with van der Waals surface area (Å²) in [5, 5.41) is 3.32. The van der Waals surface area contributed by atoms with E-state index in [-0.39, 0.29) is 0 Å². The first-order valence-electron chi connectivity index (χ1n) is 7.09. The summed E-state index contributed by atoms with van der Waals surface area (Å²) in [6.07, 6.45) is 3.53. The van der Waals surface area contributed by atoms with Crippen molar-refractivity contribution in [3.63, 3.8) is 0 Å². The molecule has 4 nitrogen and oxygen atoms in total. The fraction of sp³-hybridized carbons (Fsp3) is 0.375. The van der Waals surface area contributed by atoms with Crippen LogP contribution in [0.3, 0.4) is 0 Å². The lowest BCUT2D eigenvalue weighted by Crippen LogP contribution is -2.05. The molecule has 106 valence electrons. The van der Waals surface area contributed by atoms with E-state index in [4.69, 9.17) is 4.74 Å². The summed E-state index contributed by atoms with van der Waals surface area (Å²) in [6.45, 7) is 5.67. The van der Waals surface area contributed by atoms with Crippen LogP contribution in [0, 0.1) is 0 Å². The molecule has 0 unspecified atom stereocenters. The first-order valence-corrected chi connectivity index (χ1v) is 7.09. The highest BCUT2D eigenvalue weighted by atomic mass is 16.5. The molecule has 1 N–H and O–H groups in total. The molecule has 1 aromatic carbocycles. The van der Waals surface area contributed by atoms with Crippen LogP contribution in [0.2, 0.25) is 0 Å². The molecule has 0 radical (unpaired) electrons. The molecule has 0 spiro atoms. The molecule has 0 atom stereocenters. The average Bonchev–Trinajstić information content (AvgIpc) is 2.51. The summed E-state index contributed by atoms with van der Waals surface area (Å²) in [7, 11) is 0. The Kier molecular flexibility index (Phi) is 5.35. The third kappa shape index (κ3) is 3.95. The maximum atomic E-state index is 5.50. The van der Waals surface area contributed by atoms with Crippen LogP contribution in [-0.4, -0.2) is 16.6 Å². The summed E-state index contributed by atoms with van der Waals surface area (Å²) in [5.41, 5.74) is 2.65. The summed E-state index contributed by atoms with van der Waals surface area (Å²) in [4.78, 5) is 8.31. The second kappa shape index (κ2) is 7.48. The summed E-state index contributed by atoms with van der Waals surface area (Å²) < 4.78 is 5.50. The minimum Gasteiger partial charge on any atom is -0.478 e. The molecule has 1 heterocycles. The van der Waals surface area contributed by atoms with Gasteiger partial charge in [-0.2, -0.15) is 0 Å². The van der Waals surface area contributed by atoms with Gasteiger partial charge in [0.15, 0.2) is 0 Å². The third-order valence-electron chi connectivity index (χ3n) is 3.06. The van der Waals surface area contributed by atoms with Gasteiger partial charge in [-0.15, -0.1) is 0 Å². The molecule has 1 aromatic heterocycles. The SMILES string of the molecule is CCCOc1cc(NCc2ccccc2CC)ncn1. The van der Waals surface area contributed by atoms with Crippen LogP contribution >= 0.6 is 0 Å². The largest absolute Gasteiger partial charge is 0.478 e. The molecule has 2 aromatic rings. The van der Waals surface area contributed by atoms with Gasteiger partial charge in [-0.05, 0) is 24.0 Å². The molecule has 0 aliphatic heterocycles. The van der Waals surface area contributed by atoms with Crippen molar-refractivity contribution in [1.82, 2.24) is 9.97 Å². The number of aryl methyl sites for hydroxylation is 1. The molecule has 4 heteroatoms. The highest BCUT2D eigenvalue weighted by Gasteiger charge is 2.02. The summed E-state index contributed by atoms with van der Waals surface area (Å²) in [6, 6.07) is 10.3. The van der Waals surface area contributed by atoms with Gasteiger partial charge in [-0.25, -0.2) is 9.97 Å². The lowest BCUT2D eigenvalue weighted by molar-refractivity contribution is 0.305. The summed E-state index contributed by atoms with van der Waals surface area (Å²) in [5.74, 6) is 1.41. The second-order valence-electron chi connectivity index (χ2n) is 4.57. The Bertz CT molecular complexity index is 543. The van der Waals surface area contributed by atoms with Crippen molar-refractivity contribution in [2.75, 3.05) is 11.9 Å². The lowest BCUT2D eigenvalue weighted by atomic mass is 10.1. The fourth-order valence-corrected chi connectivity index (χ4v) is 1.98. The van der Waals surface area contributed by atoms with E-state index < -0.39 is 0 Å². The zero-order valence-electron chi connectivity index (χ0n) is 12.1. The van der Waals surface area contributed by atoms with Gasteiger partial charge in [0.1, 0.15) is 12.1 Å². The number of rotatable bonds is 7. The molecule has 0 aliphatic carbocycles. The maximum absolute atomic E-state index is 5.50. The molecule has 0 saturated heterocycles. The molecule has 0 saturated carbocycles. The van der Waals surface area contributed by atoms with E-state index >= 15 is 0 Å². The van der Waals surface area contributed by atoms with Crippen molar-refractivity contribution >= 4 is 5.82 Å². The van der Waals surface area contributed by atoms with Crippen molar-refractivity contribution in [3.05, 3.63) is 47.8 Å². The van der Waals surface area contributed by atoms with Gasteiger partial charge in [0.2, 0.25) is 5.88 Å². The quantitative estimate of drug-likeness (QED) is 0.838. The van der Waals surface area contributed by atoms with Gasteiger partial charge in [-0.1, -0.05) is 38.1 Å². The van der Waals surface area contributed by atoms with Crippen LogP contribution in [0.15, 0.2) is 36.7 Å². The monoisotopic (exact) mass is 271 g/mol. The van der Waals surface area contributed by atoms with Crippen molar-refractivity contribution in [2.24, 2.45) is 0 Å². The molecule has 0 fully saturated rings. The van der Waals surface area contributed by atoms with E-state index in [1.807, 2.05) is 6.07 Å². The second-order valence-corrected chi connectivity index (χ2v) is 4.57. The van der Waals surface area contributed by atoms with Crippen molar-refractivity contribution in [2.45, 2.75) is 33.2 Å². The maximum Gasteiger partial charge on any atom is 0.218 e. The van der Waals surface area contributed by atoms with Gasteiger partial charge in [0.05, 0.1) is 6.61 Å². The van der Waals surface area contributed by atoms with Crippen LogP contribution in [-0.2, 0) is 13.0 Å². The van der Waals surface area contributed by atoms with E-state index in [1.54, 1.807) is 0 Å². The standard InChI is InChI=1S/C16H21N3O/c1-3-9-20-16-10-15(18-12-19-16)17-11-14-8-6-5-7-13(14)4-2/h5-8,10,12H,3-4,9,11H2,1-2H3,(H,17,18,19). The average molecular weight is 271 g/mol. The Morgan fingerprint density at radius 1 is 1.10 bits per heavy atom. The van der Waals surface area contributed by atoms with Crippen LogP contribution in [0.4, 0.5) is 5.82 Å². The number of nitrogens with zero attached hydrogens (tertiary/aromatic N) is 2. The number of nitrogens with one attached hydrogen (secondary N) is 1. The minimum absolute atomic E-state index is 0.619.